The van der Waals surface area contributed by atoms with Crippen molar-refractivity contribution in [1.82, 2.24) is 0 Å². The molecular formula is C6H10NO+. The van der Waals surface area contributed by atoms with E-state index in [1.54, 1.807) is 6.08 Å². The first-order chi connectivity index (χ1) is 3.63. The number of quaternary nitrogens is 1. The van der Waals surface area contributed by atoms with Gasteiger partial charge in [0.2, 0.25) is 0 Å². The molecular weight excluding hydrogens is 102 g/mol. The van der Waals surface area contributed by atoms with Crippen LogP contribution in [0, 0.1) is 0 Å². The van der Waals surface area contributed by atoms with Gasteiger partial charge in [0, 0.05) is 6.08 Å². The molecule has 0 saturated carbocycles. The Hall–Kier alpha value is -0.630. The summed E-state index contributed by atoms with van der Waals surface area (Å²) in [6.07, 6.45) is 3.54. The molecule has 1 amide bonds. The first kappa shape index (κ1) is 5.51. The Bertz CT molecular complexity index is 147. The van der Waals surface area contributed by atoms with Crippen LogP contribution in [0.25, 0.3) is 0 Å². The van der Waals surface area contributed by atoms with Crippen molar-refractivity contribution < 1.29 is 9.28 Å². The van der Waals surface area contributed by atoms with Crippen LogP contribution in [-0.2, 0) is 4.79 Å². The number of carbonyl (C=O) groups is 1. The van der Waals surface area contributed by atoms with E-state index in [0.717, 1.165) is 6.54 Å². The van der Waals surface area contributed by atoms with Crippen molar-refractivity contribution in [2.24, 2.45) is 0 Å². The van der Waals surface area contributed by atoms with E-state index in [-0.39, 0.29) is 5.91 Å². The van der Waals surface area contributed by atoms with Crippen molar-refractivity contribution in [2.45, 2.75) is 0 Å². The van der Waals surface area contributed by atoms with E-state index < -0.39 is 0 Å². The summed E-state index contributed by atoms with van der Waals surface area (Å²) in [6, 6.07) is 0. The molecule has 0 atom stereocenters. The first-order valence-electron chi connectivity index (χ1n) is 2.67. The zero-order chi connectivity index (χ0) is 6.20. The summed E-state index contributed by atoms with van der Waals surface area (Å²) in [5.41, 5.74) is 0. The van der Waals surface area contributed by atoms with Gasteiger partial charge in [-0.2, -0.15) is 0 Å². The van der Waals surface area contributed by atoms with Crippen molar-refractivity contribution in [1.29, 1.82) is 0 Å². The lowest BCUT2D eigenvalue weighted by Crippen LogP contribution is -2.40. The normalized spacial score (nSPS) is 24.5. The highest BCUT2D eigenvalue weighted by Gasteiger charge is 2.26. The molecule has 8 heavy (non-hydrogen) atoms. The minimum absolute atomic E-state index is 0.199. The zero-order valence-electron chi connectivity index (χ0n) is 5.22. The van der Waals surface area contributed by atoms with Crippen molar-refractivity contribution in [3.05, 3.63) is 12.2 Å². The molecule has 0 bridgehead atoms. The van der Waals surface area contributed by atoms with Gasteiger partial charge in [-0.1, -0.05) is 0 Å². The van der Waals surface area contributed by atoms with Gasteiger partial charge in [-0.25, -0.2) is 4.79 Å². The third-order valence-electron chi connectivity index (χ3n) is 1.42. The molecule has 44 valence electrons. The van der Waals surface area contributed by atoms with E-state index in [9.17, 15) is 4.79 Å². The summed E-state index contributed by atoms with van der Waals surface area (Å²) in [4.78, 5) is 10.8. The van der Waals surface area contributed by atoms with E-state index in [0.29, 0.717) is 4.48 Å². The summed E-state index contributed by atoms with van der Waals surface area (Å²) in [6.45, 7) is 0.846. The minimum Gasteiger partial charge on any atom is -0.258 e. The topological polar surface area (TPSA) is 17.1 Å². The predicted octanol–water partition coefficient (Wildman–Crippen LogP) is 0.159. The molecule has 1 aliphatic rings. The van der Waals surface area contributed by atoms with Crippen LogP contribution in [0.15, 0.2) is 12.2 Å². The molecule has 0 aromatic carbocycles. The summed E-state index contributed by atoms with van der Waals surface area (Å²) >= 11 is 0. The smallest absolute Gasteiger partial charge is 0.258 e. The summed E-state index contributed by atoms with van der Waals surface area (Å²) in [5.74, 6) is 0.199. The molecule has 0 fully saturated rings. The van der Waals surface area contributed by atoms with E-state index in [1.807, 2.05) is 20.2 Å². The second-order valence-corrected chi connectivity index (χ2v) is 2.61. The zero-order valence-corrected chi connectivity index (χ0v) is 5.22. The van der Waals surface area contributed by atoms with Gasteiger partial charge in [0.05, 0.1) is 14.1 Å². The molecule has 0 aromatic heterocycles. The lowest BCUT2D eigenvalue weighted by atomic mass is 10.5. The molecule has 0 aromatic rings. The molecule has 1 aliphatic heterocycles. The number of hydrogen-bond acceptors (Lipinski definition) is 1. The first-order valence-corrected chi connectivity index (χ1v) is 2.67. The van der Waals surface area contributed by atoms with Gasteiger partial charge in [-0.05, 0) is 6.08 Å². The molecule has 0 saturated heterocycles. The Morgan fingerprint density at radius 2 is 2.25 bits per heavy atom. The van der Waals surface area contributed by atoms with Crippen LogP contribution in [0.4, 0.5) is 0 Å². The average Bonchev–Trinajstić information content (AvgIpc) is 1.86. The third-order valence-corrected chi connectivity index (χ3v) is 1.42. The Morgan fingerprint density at radius 1 is 1.62 bits per heavy atom. The van der Waals surface area contributed by atoms with Gasteiger partial charge in [-0.15, -0.1) is 0 Å². The SMILES string of the molecule is C[N+]1(C)CC=CC1=O. The monoisotopic (exact) mass is 112 g/mol. The van der Waals surface area contributed by atoms with Crippen molar-refractivity contribution in [3.8, 4) is 0 Å². The van der Waals surface area contributed by atoms with E-state index >= 15 is 0 Å². The van der Waals surface area contributed by atoms with Crippen LogP contribution in [0.5, 0.6) is 0 Å². The number of carbonyl (C=O) groups excluding carboxylic acids is 1. The van der Waals surface area contributed by atoms with Crippen LogP contribution in [0.2, 0.25) is 0 Å². The number of nitrogens with zero attached hydrogens (tertiary/aromatic N) is 1. The van der Waals surface area contributed by atoms with E-state index in [4.69, 9.17) is 0 Å². The molecule has 1 rings (SSSR count). The Kier molecular flexibility index (Phi) is 0.978. The van der Waals surface area contributed by atoms with Crippen LogP contribution < -0.4 is 0 Å². The minimum atomic E-state index is 0.199. The quantitative estimate of drug-likeness (QED) is 0.408. The second-order valence-electron chi connectivity index (χ2n) is 2.61. The second kappa shape index (κ2) is 1.42. The Balaban J connectivity index is 2.79. The van der Waals surface area contributed by atoms with Crippen LogP contribution in [-0.4, -0.2) is 31.0 Å². The van der Waals surface area contributed by atoms with Gasteiger partial charge < -0.3 is 0 Å². The van der Waals surface area contributed by atoms with Gasteiger partial charge in [0.25, 0.3) is 0 Å². The standard InChI is InChI=1S/C6H10NO/c1-7(2)5-3-4-6(7)8/h3-4H,5H2,1-2H3/q+1. The Labute approximate surface area is 49.0 Å². The van der Waals surface area contributed by atoms with Crippen molar-refractivity contribution in [3.63, 3.8) is 0 Å². The summed E-state index contributed by atoms with van der Waals surface area (Å²) in [5, 5.41) is 0. The summed E-state index contributed by atoms with van der Waals surface area (Å²) < 4.78 is 0.486. The third kappa shape index (κ3) is 0.670. The maximum absolute atomic E-state index is 10.8. The Morgan fingerprint density at radius 3 is 2.38 bits per heavy atom. The lowest BCUT2D eigenvalue weighted by Gasteiger charge is -2.18. The molecule has 1 heterocycles. The van der Waals surface area contributed by atoms with Gasteiger partial charge >= 0.3 is 5.91 Å². The number of likely N-dealkylation sites (N-methyl/N-ethyl adjacent to an activating group) is 1. The highest BCUT2D eigenvalue weighted by molar-refractivity contribution is 5.83. The van der Waals surface area contributed by atoms with Crippen molar-refractivity contribution in [2.75, 3.05) is 20.6 Å². The fraction of sp³-hybridized carbons (Fsp3) is 0.500. The molecule has 2 nitrogen and oxygen atoms in total. The van der Waals surface area contributed by atoms with E-state index in [1.165, 1.54) is 0 Å². The van der Waals surface area contributed by atoms with Crippen LogP contribution >= 0.6 is 0 Å². The maximum Gasteiger partial charge on any atom is 0.338 e. The molecule has 0 unspecified atom stereocenters. The fourth-order valence-corrected chi connectivity index (χ4v) is 0.709. The van der Waals surface area contributed by atoms with Crippen molar-refractivity contribution >= 4 is 5.91 Å². The highest BCUT2D eigenvalue weighted by atomic mass is 16.2. The van der Waals surface area contributed by atoms with Gasteiger partial charge in [-0.3, -0.25) is 4.48 Å². The van der Waals surface area contributed by atoms with Gasteiger partial charge in [0.15, 0.2) is 0 Å². The molecule has 0 N–H and O–H groups in total. The fourth-order valence-electron chi connectivity index (χ4n) is 0.709. The van der Waals surface area contributed by atoms with Crippen LogP contribution in [0.3, 0.4) is 0 Å². The van der Waals surface area contributed by atoms with E-state index in [2.05, 4.69) is 0 Å². The molecule has 0 radical (unpaired) electrons. The highest BCUT2D eigenvalue weighted by Crippen LogP contribution is 2.05. The van der Waals surface area contributed by atoms with Gasteiger partial charge in [0.1, 0.15) is 6.54 Å². The average molecular weight is 112 g/mol. The predicted molar refractivity (Wildman–Crippen MR) is 31.1 cm³/mol. The lowest BCUT2D eigenvalue weighted by molar-refractivity contribution is -0.801. The molecule has 0 spiro atoms. The van der Waals surface area contributed by atoms with Crippen LogP contribution in [0.1, 0.15) is 0 Å². The number of amides is 1. The summed E-state index contributed by atoms with van der Waals surface area (Å²) in [7, 11) is 3.81. The largest absolute Gasteiger partial charge is 0.338 e. The number of rotatable bonds is 0. The number of hydrogen-bond donors (Lipinski definition) is 0. The maximum atomic E-state index is 10.8. The molecule has 0 aliphatic carbocycles. The molecule has 2 heteroatoms.